The molecule has 1 aliphatic carbocycles. The Morgan fingerprint density at radius 1 is 1.00 bits per heavy atom. The lowest BCUT2D eigenvalue weighted by Gasteiger charge is -2.35. The summed E-state index contributed by atoms with van der Waals surface area (Å²) in [6.07, 6.45) is 6.44. The smallest absolute Gasteiger partial charge is 0.233 e. The molecule has 2 saturated heterocycles. The van der Waals surface area contributed by atoms with Gasteiger partial charge in [-0.15, -0.1) is 0 Å². The molecule has 7 nitrogen and oxygen atoms in total. The molecule has 0 spiro atoms. The Hall–Kier alpha value is -2.67. The Balaban J connectivity index is 1.09. The number of allylic oxidation sites excluding steroid dienone is 2. The first-order valence-electron chi connectivity index (χ1n) is 11.3. The molecule has 31 heavy (non-hydrogen) atoms. The van der Waals surface area contributed by atoms with Gasteiger partial charge in [0.2, 0.25) is 17.7 Å². The minimum Gasteiger partial charge on any atom is -0.493 e. The van der Waals surface area contributed by atoms with Crippen molar-refractivity contribution in [3.8, 4) is 5.75 Å². The number of benzene rings is 1. The van der Waals surface area contributed by atoms with Crippen LogP contribution in [0.4, 0.5) is 0 Å². The predicted molar refractivity (Wildman–Crippen MR) is 114 cm³/mol. The number of carbonyl (C=O) groups is 3. The number of hydrogen-bond acceptors (Lipinski definition) is 5. The standard InChI is InChI=1S/C24H29N3O4/c28-22(7-9-27-23(29)19-3-1-2-4-20(19)24(27)30)26-12-10-25(11-13-26)16-17-5-6-21-18(15-17)8-14-31-21/h1-2,5-6,15,19-20H,3-4,7-14,16H2/t19-,20-/m1/s1. The van der Waals surface area contributed by atoms with Gasteiger partial charge < -0.3 is 9.64 Å². The fourth-order valence-corrected chi connectivity index (χ4v) is 5.21. The molecule has 164 valence electrons. The summed E-state index contributed by atoms with van der Waals surface area (Å²) in [6.45, 7) is 4.89. The zero-order valence-corrected chi connectivity index (χ0v) is 17.8. The molecule has 0 unspecified atom stereocenters. The second-order valence-corrected chi connectivity index (χ2v) is 8.93. The third kappa shape index (κ3) is 3.99. The van der Waals surface area contributed by atoms with Gasteiger partial charge in [-0.2, -0.15) is 0 Å². The van der Waals surface area contributed by atoms with E-state index in [4.69, 9.17) is 4.74 Å². The number of likely N-dealkylation sites (tertiary alicyclic amines) is 1. The molecule has 4 aliphatic rings. The van der Waals surface area contributed by atoms with Crippen LogP contribution in [-0.4, -0.2) is 71.8 Å². The van der Waals surface area contributed by atoms with Crippen molar-refractivity contribution in [2.75, 3.05) is 39.3 Å². The van der Waals surface area contributed by atoms with E-state index in [0.717, 1.165) is 38.4 Å². The van der Waals surface area contributed by atoms with Crippen molar-refractivity contribution >= 4 is 17.7 Å². The summed E-state index contributed by atoms with van der Waals surface area (Å²) >= 11 is 0. The van der Waals surface area contributed by atoms with E-state index in [0.29, 0.717) is 25.9 Å². The molecule has 0 saturated carbocycles. The molecule has 1 aromatic rings. The second kappa shape index (κ2) is 8.46. The number of carbonyl (C=O) groups excluding carboxylic acids is 3. The number of nitrogens with zero attached hydrogens (tertiary/aromatic N) is 3. The van der Waals surface area contributed by atoms with Crippen LogP contribution in [0.3, 0.4) is 0 Å². The first-order valence-corrected chi connectivity index (χ1v) is 11.3. The summed E-state index contributed by atoms with van der Waals surface area (Å²) in [5.74, 6) is 0.393. The molecule has 0 bridgehead atoms. The Morgan fingerprint density at radius 3 is 2.42 bits per heavy atom. The summed E-state index contributed by atoms with van der Waals surface area (Å²) in [4.78, 5) is 43.4. The van der Waals surface area contributed by atoms with Crippen LogP contribution in [0, 0.1) is 11.8 Å². The molecule has 1 aromatic carbocycles. The molecule has 7 heteroatoms. The van der Waals surface area contributed by atoms with E-state index < -0.39 is 0 Å². The van der Waals surface area contributed by atoms with Gasteiger partial charge in [0.15, 0.2) is 0 Å². The van der Waals surface area contributed by atoms with Gasteiger partial charge in [-0.25, -0.2) is 0 Å². The third-order valence-electron chi connectivity index (χ3n) is 7.03. The predicted octanol–water partition coefficient (Wildman–Crippen LogP) is 1.61. The molecule has 5 rings (SSSR count). The van der Waals surface area contributed by atoms with Crippen LogP contribution in [0.1, 0.15) is 30.4 Å². The Kier molecular flexibility index (Phi) is 5.52. The summed E-state index contributed by atoms with van der Waals surface area (Å²) in [6, 6.07) is 6.42. The maximum absolute atomic E-state index is 12.7. The van der Waals surface area contributed by atoms with E-state index >= 15 is 0 Å². The highest BCUT2D eigenvalue weighted by atomic mass is 16.5. The van der Waals surface area contributed by atoms with E-state index in [-0.39, 0.29) is 42.5 Å². The molecule has 0 N–H and O–H groups in total. The van der Waals surface area contributed by atoms with Gasteiger partial charge in [-0.05, 0) is 30.0 Å². The SMILES string of the molecule is O=C(CCN1C(=O)[C@@H]2CC=CC[C@H]2C1=O)N1CCN(Cc2ccc3c(c2)CCO3)CC1. The minimum atomic E-state index is -0.220. The molecule has 0 radical (unpaired) electrons. The lowest BCUT2D eigenvalue weighted by atomic mass is 9.85. The van der Waals surface area contributed by atoms with Crippen molar-refractivity contribution in [2.24, 2.45) is 11.8 Å². The van der Waals surface area contributed by atoms with E-state index in [1.807, 2.05) is 17.1 Å². The van der Waals surface area contributed by atoms with Gasteiger partial charge in [0.1, 0.15) is 5.75 Å². The van der Waals surface area contributed by atoms with Gasteiger partial charge in [0.25, 0.3) is 0 Å². The number of amides is 3. The molecule has 2 fully saturated rings. The summed E-state index contributed by atoms with van der Waals surface area (Å²) in [5.41, 5.74) is 2.57. The average molecular weight is 424 g/mol. The molecule has 3 aliphatic heterocycles. The van der Waals surface area contributed by atoms with Gasteiger partial charge >= 0.3 is 0 Å². The lowest BCUT2D eigenvalue weighted by Crippen LogP contribution is -2.49. The second-order valence-electron chi connectivity index (χ2n) is 8.93. The highest BCUT2D eigenvalue weighted by Crippen LogP contribution is 2.35. The summed E-state index contributed by atoms with van der Waals surface area (Å²) in [5, 5.41) is 0. The number of ether oxygens (including phenoxy) is 1. The molecule has 0 aromatic heterocycles. The van der Waals surface area contributed by atoms with Gasteiger partial charge in [-0.1, -0.05) is 24.3 Å². The molecular formula is C24H29N3O4. The fraction of sp³-hybridized carbons (Fsp3) is 0.542. The van der Waals surface area contributed by atoms with Crippen molar-refractivity contribution in [3.63, 3.8) is 0 Å². The van der Waals surface area contributed by atoms with Gasteiger partial charge in [-0.3, -0.25) is 24.2 Å². The number of imide groups is 1. The summed E-state index contributed by atoms with van der Waals surface area (Å²) in [7, 11) is 0. The average Bonchev–Trinajstić information content (AvgIpc) is 3.35. The number of fused-ring (bicyclic) bond motifs is 2. The maximum atomic E-state index is 12.7. The zero-order chi connectivity index (χ0) is 21.4. The number of piperazine rings is 1. The first kappa shape index (κ1) is 20.2. The van der Waals surface area contributed by atoms with E-state index in [1.165, 1.54) is 16.0 Å². The normalized spacial score (nSPS) is 25.5. The lowest BCUT2D eigenvalue weighted by molar-refractivity contribution is -0.141. The van der Waals surface area contributed by atoms with Crippen LogP contribution in [0.15, 0.2) is 30.4 Å². The zero-order valence-electron chi connectivity index (χ0n) is 17.8. The topological polar surface area (TPSA) is 70.2 Å². The molecule has 3 amide bonds. The van der Waals surface area contributed by atoms with Crippen LogP contribution in [0.5, 0.6) is 5.75 Å². The minimum absolute atomic E-state index is 0.0305. The Labute approximate surface area is 182 Å². The van der Waals surface area contributed by atoms with Crippen molar-refractivity contribution < 1.29 is 19.1 Å². The number of hydrogen-bond donors (Lipinski definition) is 0. The highest BCUT2D eigenvalue weighted by molar-refractivity contribution is 6.05. The van der Waals surface area contributed by atoms with Gasteiger partial charge in [0, 0.05) is 52.1 Å². The highest BCUT2D eigenvalue weighted by Gasteiger charge is 2.47. The first-order chi connectivity index (χ1) is 15.1. The molecular weight excluding hydrogens is 394 g/mol. The monoisotopic (exact) mass is 423 g/mol. The van der Waals surface area contributed by atoms with E-state index in [1.54, 1.807) is 0 Å². The van der Waals surface area contributed by atoms with Crippen molar-refractivity contribution in [1.82, 2.24) is 14.7 Å². The van der Waals surface area contributed by atoms with Crippen molar-refractivity contribution in [2.45, 2.75) is 32.2 Å². The van der Waals surface area contributed by atoms with Crippen LogP contribution in [-0.2, 0) is 27.3 Å². The van der Waals surface area contributed by atoms with Crippen molar-refractivity contribution in [1.29, 1.82) is 0 Å². The van der Waals surface area contributed by atoms with Crippen LogP contribution >= 0.6 is 0 Å². The van der Waals surface area contributed by atoms with E-state index in [9.17, 15) is 14.4 Å². The number of rotatable bonds is 5. The quantitative estimate of drug-likeness (QED) is 0.532. The third-order valence-corrected chi connectivity index (χ3v) is 7.03. The van der Waals surface area contributed by atoms with Gasteiger partial charge in [0.05, 0.1) is 18.4 Å². The molecule has 3 heterocycles. The van der Waals surface area contributed by atoms with E-state index in [2.05, 4.69) is 23.1 Å². The van der Waals surface area contributed by atoms with Crippen LogP contribution in [0.2, 0.25) is 0 Å². The Morgan fingerprint density at radius 2 is 1.71 bits per heavy atom. The Bertz CT molecular complexity index is 893. The van der Waals surface area contributed by atoms with Crippen LogP contribution < -0.4 is 4.74 Å². The van der Waals surface area contributed by atoms with Crippen molar-refractivity contribution in [3.05, 3.63) is 41.5 Å². The maximum Gasteiger partial charge on any atom is 0.233 e. The largest absolute Gasteiger partial charge is 0.493 e. The summed E-state index contributed by atoms with van der Waals surface area (Å²) < 4.78 is 5.58. The van der Waals surface area contributed by atoms with Crippen LogP contribution in [0.25, 0.3) is 0 Å². The molecule has 2 atom stereocenters. The fourth-order valence-electron chi connectivity index (χ4n) is 5.21.